The summed E-state index contributed by atoms with van der Waals surface area (Å²) in [6, 6.07) is 0. The quantitative estimate of drug-likeness (QED) is 0.806. The van der Waals surface area contributed by atoms with E-state index in [1.807, 2.05) is 0 Å². The normalized spacial score (nSPS) is 29.9. The van der Waals surface area contributed by atoms with Crippen molar-refractivity contribution >= 4 is 18.0 Å². The van der Waals surface area contributed by atoms with Gasteiger partial charge in [-0.25, -0.2) is 4.79 Å². The van der Waals surface area contributed by atoms with Crippen molar-refractivity contribution in [3.05, 3.63) is 0 Å². The van der Waals surface area contributed by atoms with Crippen LogP contribution in [-0.2, 0) is 14.3 Å². The molecule has 1 heterocycles. The van der Waals surface area contributed by atoms with Gasteiger partial charge in [0.05, 0.1) is 10.8 Å². The van der Waals surface area contributed by atoms with E-state index in [-0.39, 0.29) is 19.5 Å². The number of amides is 1. The molecule has 7 nitrogen and oxygen atoms in total. The number of rotatable bonds is 2. The maximum atomic E-state index is 12.2. The van der Waals surface area contributed by atoms with Gasteiger partial charge in [-0.05, 0) is 41.0 Å². The number of carbonyl (C=O) groups is 3. The molecule has 1 fully saturated rings. The van der Waals surface area contributed by atoms with Crippen LogP contribution in [-0.4, -0.2) is 51.8 Å². The first kappa shape index (κ1) is 17.3. The number of hydrogen-bond acceptors (Lipinski definition) is 4. The van der Waals surface area contributed by atoms with Crippen LogP contribution in [0.1, 0.15) is 41.0 Å². The Kier molecular flexibility index (Phi) is 4.27. The highest BCUT2D eigenvalue weighted by atomic mass is 16.6. The van der Waals surface area contributed by atoms with Crippen LogP contribution in [0.3, 0.4) is 0 Å². The van der Waals surface area contributed by atoms with Crippen LogP contribution in [0.5, 0.6) is 0 Å². The zero-order chi connectivity index (χ0) is 16.6. The number of ether oxygens (including phenoxy) is 1. The van der Waals surface area contributed by atoms with Crippen LogP contribution in [0.15, 0.2) is 0 Å². The van der Waals surface area contributed by atoms with Crippen LogP contribution >= 0.6 is 0 Å². The lowest BCUT2D eigenvalue weighted by molar-refractivity contribution is -0.163. The number of piperidine rings is 1. The van der Waals surface area contributed by atoms with Crippen molar-refractivity contribution in [1.29, 1.82) is 0 Å². The summed E-state index contributed by atoms with van der Waals surface area (Å²) in [4.78, 5) is 36.3. The fraction of sp³-hybridized carbons (Fsp3) is 0.786. The van der Waals surface area contributed by atoms with Crippen LogP contribution in [0.4, 0.5) is 4.79 Å². The van der Waals surface area contributed by atoms with E-state index in [9.17, 15) is 24.6 Å². The Morgan fingerprint density at radius 3 is 1.67 bits per heavy atom. The molecule has 1 rings (SSSR count). The zero-order valence-corrected chi connectivity index (χ0v) is 13.1. The van der Waals surface area contributed by atoms with Crippen molar-refractivity contribution in [2.75, 3.05) is 13.1 Å². The maximum Gasteiger partial charge on any atom is 0.410 e. The van der Waals surface area contributed by atoms with Crippen LogP contribution in [0.2, 0.25) is 0 Å². The zero-order valence-electron chi connectivity index (χ0n) is 13.1. The van der Waals surface area contributed by atoms with E-state index in [0.29, 0.717) is 0 Å². The molecule has 1 saturated heterocycles. The number of nitrogens with zero attached hydrogens (tertiary/aromatic N) is 1. The first-order valence-electron chi connectivity index (χ1n) is 6.74. The van der Waals surface area contributed by atoms with Gasteiger partial charge < -0.3 is 19.8 Å². The smallest absolute Gasteiger partial charge is 0.410 e. The molecule has 7 heteroatoms. The molecule has 120 valence electrons. The van der Waals surface area contributed by atoms with Gasteiger partial charge in [0, 0.05) is 13.1 Å². The molecular formula is C14H23NO6. The van der Waals surface area contributed by atoms with Gasteiger partial charge in [-0.2, -0.15) is 0 Å². The summed E-state index contributed by atoms with van der Waals surface area (Å²) in [6.07, 6.45) is -0.730. The number of likely N-dealkylation sites (tertiary alicyclic amines) is 1. The Hall–Kier alpha value is -1.79. The minimum atomic E-state index is -1.32. The Labute approximate surface area is 123 Å². The van der Waals surface area contributed by atoms with Gasteiger partial charge in [0.25, 0.3) is 0 Å². The summed E-state index contributed by atoms with van der Waals surface area (Å²) in [7, 11) is 0. The van der Waals surface area contributed by atoms with Gasteiger partial charge in [0.1, 0.15) is 5.60 Å². The van der Waals surface area contributed by atoms with E-state index < -0.39 is 34.5 Å². The minimum Gasteiger partial charge on any atom is -0.481 e. The molecule has 0 bridgehead atoms. The second-order valence-electron chi connectivity index (χ2n) is 7.24. The molecule has 2 N–H and O–H groups in total. The summed E-state index contributed by atoms with van der Waals surface area (Å²) in [5.41, 5.74) is -3.36. The topological polar surface area (TPSA) is 104 Å². The van der Waals surface area contributed by atoms with E-state index in [4.69, 9.17) is 4.74 Å². The molecule has 0 aromatic heterocycles. The number of carbonyl (C=O) groups excluding carboxylic acids is 1. The van der Waals surface area contributed by atoms with Gasteiger partial charge in [-0.15, -0.1) is 0 Å². The SMILES string of the molecule is CC(C)(C)OC(=O)N1CC(C)(C(=O)O)CC(C)(C(=O)O)C1. The van der Waals surface area contributed by atoms with E-state index in [0.717, 1.165) is 0 Å². The van der Waals surface area contributed by atoms with Gasteiger partial charge in [-0.1, -0.05) is 0 Å². The van der Waals surface area contributed by atoms with Crippen molar-refractivity contribution in [2.24, 2.45) is 10.8 Å². The average Bonchev–Trinajstić information content (AvgIpc) is 2.25. The molecule has 0 spiro atoms. The van der Waals surface area contributed by atoms with E-state index in [1.54, 1.807) is 20.8 Å². The standard InChI is InChI=1S/C14H23NO6/c1-12(2,3)21-11(20)15-7-13(4,9(16)17)6-14(5,8-15)10(18)19/h6-8H2,1-5H3,(H,16,17)(H,18,19). The van der Waals surface area contributed by atoms with Gasteiger partial charge in [0.2, 0.25) is 0 Å². The van der Waals surface area contributed by atoms with E-state index in [1.165, 1.54) is 18.7 Å². The third-order valence-electron chi connectivity index (χ3n) is 3.54. The van der Waals surface area contributed by atoms with Crippen molar-refractivity contribution in [1.82, 2.24) is 4.90 Å². The lowest BCUT2D eigenvalue weighted by atomic mass is 9.69. The first-order chi connectivity index (χ1) is 9.29. The van der Waals surface area contributed by atoms with Crippen molar-refractivity contribution in [3.63, 3.8) is 0 Å². The predicted molar refractivity (Wildman–Crippen MR) is 73.9 cm³/mol. The highest BCUT2D eigenvalue weighted by molar-refractivity contribution is 5.81. The number of aliphatic carboxylic acids is 2. The summed E-state index contributed by atoms with van der Waals surface area (Å²) < 4.78 is 5.22. The van der Waals surface area contributed by atoms with Crippen molar-refractivity contribution in [2.45, 2.75) is 46.6 Å². The number of carboxylic acids is 2. The largest absolute Gasteiger partial charge is 0.481 e. The molecule has 21 heavy (non-hydrogen) atoms. The number of hydrogen-bond donors (Lipinski definition) is 2. The molecule has 0 aromatic rings. The summed E-state index contributed by atoms with van der Waals surface area (Å²) in [6.45, 7) is 7.85. The van der Waals surface area contributed by atoms with Gasteiger partial charge in [0.15, 0.2) is 0 Å². The molecule has 1 aliphatic rings. The Balaban J connectivity index is 3.08. The van der Waals surface area contributed by atoms with E-state index in [2.05, 4.69) is 0 Å². The summed E-state index contributed by atoms with van der Waals surface area (Å²) in [5, 5.41) is 18.7. The highest BCUT2D eigenvalue weighted by Crippen LogP contribution is 2.41. The summed E-state index contributed by atoms with van der Waals surface area (Å²) in [5.74, 6) is -2.24. The molecule has 0 aromatic carbocycles. The fourth-order valence-corrected chi connectivity index (χ4v) is 2.61. The molecule has 2 unspecified atom stereocenters. The Morgan fingerprint density at radius 1 is 1.00 bits per heavy atom. The third kappa shape index (κ3) is 3.86. The Morgan fingerprint density at radius 2 is 1.38 bits per heavy atom. The van der Waals surface area contributed by atoms with Gasteiger partial charge >= 0.3 is 18.0 Å². The molecule has 2 atom stereocenters. The third-order valence-corrected chi connectivity index (χ3v) is 3.54. The molecule has 0 aliphatic carbocycles. The predicted octanol–water partition coefficient (Wildman–Crippen LogP) is 1.81. The molecule has 1 aliphatic heterocycles. The maximum absolute atomic E-state index is 12.2. The van der Waals surface area contributed by atoms with Crippen LogP contribution < -0.4 is 0 Å². The second-order valence-corrected chi connectivity index (χ2v) is 7.24. The van der Waals surface area contributed by atoms with E-state index >= 15 is 0 Å². The molecular weight excluding hydrogens is 278 g/mol. The molecule has 0 saturated carbocycles. The monoisotopic (exact) mass is 301 g/mol. The highest BCUT2D eigenvalue weighted by Gasteiger charge is 2.52. The summed E-state index contributed by atoms with van der Waals surface area (Å²) >= 11 is 0. The first-order valence-corrected chi connectivity index (χ1v) is 6.74. The Bertz CT molecular complexity index is 441. The van der Waals surface area contributed by atoms with Crippen molar-refractivity contribution < 1.29 is 29.3 Å². The minimum absolute atomic E-state index is 0.0377. The molecule has 0 radical (unpaired) electrons. The van der Waals surface area contributed by atoms with Crippen LogP contribution in [0.25, 0.3) is 0 Å². The van der Waals surface area contributed by atoms with Crippen LogP contribution in [0, 0.1) is 10.8 Å². The lowest BCUT2D eigenvalue weighted by Crippen LogP contribution is -2.58. The fourth-order valence-electron chi connectivity index (χ4n) is 2.61. The average molecular weight is 301 g/mol. The molecule has 1 amide bonds. The van der Waals surface area contributed by atoms with Crippen molar-refractivity contribution in [3.8, 4) is 0 Å². The lowest BCUT2D eigenvalue weighted by Gasteiger charge is -2.45. The number of carboxylic acid groups (broad SMARTS) is 2. The second kappa shape index (κ2) is 5.20. The van der Waals surface area contributed by atoms with Gasteiger partial charge in [-0.3, -0.25) is 9.59 Å².